The zero-order valence-electron chi connectivity index (χ0n) is 17.0. The summed E-state index contributed by atoms with van der Waals surface area (Å²) >= 11 is 0. The van der Waals surface area contributed by atoms with Crippen LogP contribution in [0.3, 0.4) is 0 Å². The van der Waals surface area contributed by atoms with E-state index in [0.29, 0.717) is 28.8 Å². The van der Waals surface area contributed by atoms with Gasteiger partial charge in [-0.3, -0.25) is 4.68 Å². The lowest BCUT2D eigenvalue weighted by atomic mass is 9.84. The van der Waals surface area contributed by atoms with Crippen LogP contribution < -0.4 is 10.1 Å². The topological polar surface area (TPSA) is 85.1 Å². The summed E-state index contributed by atoms with van der Waals surface area (Å²) < 4.78 is 35.8. The molecule has 0 spiro atoms. The molecule has 3 aromatic rings. The fraction of sp³-hybridized carbons (Fsp3) is 0.409. The smallest absolute Gasteiger partial charge is 0.240 e. The van der Waals surface area contributed by atoms with E-state index in [0.717, 1.165) is 19.3 Å². The molecule has 4 heterocycles. The fourth-order valence-electron chi connectivity index (χ4n) is 4.53. The van der Waals surface area contributed by atoms with Crippen molar-refractivity contribution in [1.82, 2.24) is 25.3 Å². The van der Waals surface area contributed by atoms with Crippen LogP contribution in [-0.2, 0) is 7.05 Å². The maximum atomic E-state index is 14.7. The predicted octanol–water partition coefficient (Wildman–Crippen LogP) is 3.39. The van der Waals surface area contributed by atoms with Crippen molar-refractivity contribution in [2.24, 2.45) is 7.05 Å². The summed E-state index contributed by atoms with van der Waals surface area (Å²) in [6.07, 6.45) is 3.42. The van der Waals surface area contributed by atoms with E-state index >= 15 is 0 Å². The van der Waals surface area contributed by atoms with Gasteiger partial charge in [0.05, 0.1) is 11.3 Å². The van der Waals surface area contributed by atoms with Crippen LogP contribution in [-0.4, -0.2) is 49.4 Å². The Morgan fingerprint density at radius 2 is 2.03 bits per heavy atom. The number of fused-ring (bicyclic) bond motifs is 2. The number of phenolic OH excluding ortho intramolecular Hbond substituents is 1. The Balaban J connectivity index is 1.32. The lowest BCUT2D eigenvalue weighted by Crippen LogP contribution is -2.59. The third-order valence-electron chi connectivity index (χ3n) is 6.05. The average molecular weight is 427 g/mol. The van der Waals surface area contributed by atoms with Crippen molar-refractivity contribution in [2.45, 2.75) is 50.0 Å². The van der Waals surface area contributed by atoms with Crippen molar-refractivity contribution >= 4 is 0 Å². The average Bonchev–Trinajstić information content (AvgIpc) is 3.11. The summed E-state index contributed by atoms with van der Waals surface area (Å²) in [6.45, 7) is 0. The Bertz CT molecular complexity index is 1090. The lowest BCUT2D eigenvalue weighted by Gasteiger charge is -2.42. The van der Waals surface area contributed by atoms with Gasteiger partial charge in [-0.05, 0) is 36.6 Å². The highest BCUT2D eigenvalue weighted by atomic mass is 19.1. The Labute approximate surface area is 178 Å². The number of rotatable bonds is 4. The number of hydrogen-bond acceptors (Lipinski definition) is 6. The van der Waals surface area contributed by atoms with E-state index < -0.39 is 18.2 Å². The number of nitrogens with one attached hydrogen (secondary N) is 1. The first-order chi connectivity index (χ1) is 15.0. The van der Waals surface area contributed by atoms with Gasteiger partial charge in [0.25, 0.3) is 0 Å². The van der Waals surface area contributed by atoms with Crippen molar-refractivity contribution < 1.29 is 18.6 Å². The van der Waals surface area contributed by atoms with Gasteiger partial charge >= 0.3 is 0 Å². The van der Waals surface area contributed by atoms with E-state index in [4.69, 9.17) is 4.74 Å². The summed E-state index contributed by atoms with van der Waals surface area (Å²) in [4.78, 5) is 0. The molecule has 31 heavy (non-hydrogen) atoms. The second kappa shape index (κ2) is 7.88. The second-order valence-electron chi connectivity index (χ2n) is 8.23. The van der Waals surface area contributed by atoms with Gasteiger partial charge in [-0.1, -0.05) is 12.5 Å². The van der Waals surface area contributed by atoms with Crippen molar-refractivity contribution in [2.75, 3.05) is 0 Å². The predicted molar refractivity (Wildman–Crippen MR) is 110 cm³/mol. The highest BCUT2D eigenvalue weighted by molar-refractivity contribution is 5.73. The van der Waals surface area contributed by atoms with Crippen LogP contribution >= 0.6 is 0 Å². The first kappa shape index (κ1) is 19.9. The summed E-state index contributed by atoms with van der Waals surface area (Å²) in [5.74, 6) is -0.409. The number of benzene rings is 1. The van der Waals surface area contributed by atoms with Crippen LogP contribution in [0.15, 0.2) is 36.5 Å². The number of hydrogen-bond donors (Lipinski definition) is 2. The zero-order chi connectivity index (χ0) is 21.5. The van der Waals surface area contributed by atoms with Crippen LogP contribution in [0.5, 0.6) is 11.6 Å². The molecule has 0 aliphatic carbocycles. The number of ether oxygens (including phenoxy) is 1. The highest BCUT2D eigenvalue weighted by Gasteiger charge is 2.41. The van der Waals surface area contributed by atoms with Gasteiger partial charge in [-0.2, -0.15) is 4.39 Å². The van der Waals surface area contributed by atoms with E-state index in [-0.39, 0.29) is 23.7 Å². The largest absolute Gasteiger partial charge is 0.507 e. The Kier molecular flexibility index (Phi) is 5.05. The fourth-order valence-corrected chi connectivity index (χ4v) is 4.53. The number of halogens is 2. The maximum absolute atomic E-state index is 14.7. The van der Waals surface area contributed by atoms with Gasteiger partial charge < -0.3 is 15.2 Å². The number of nitrogens with zero attached hydrogens (tertiary/aromatic N) is 4. The summed E-state index contributed by atoms with van der Waals surface area (Å²) in [5, 5.41) is 25.7. The molecule has 2 bridgehead atoms. The van der Waals surface area contributed by atoms with Gasteiger partial charge in [0.2, 0.25) is 11.8 Å². The molecule has 1 aromatic carbocycles. The van der Waals surface area contributed by atoms with E-state index in [1.54, 1.807) is 37.5 Å². The first-order valence-corrected chi connectivity index (χ1v) is 10.4. The standard InChI is InChI=1S/C22H23F2N5O2/c1-29-11-15(22(24)28-29)12-5-6-14(18(30)9-12)16-7-8-20(27-26-16)31-19-10-13-3-2-4-17(25-13)21(19)23/h5-9,11,13,17,19,21,25,30H,2-4,10H2,1H3/t13?,17?,19-,21+/m1/s1. The minimum absolute atomic E-state index is 0.0567. The van der Waals surface area contributed by atoms with E-state index in [9.17, 15) is 13.9 Å². The van der Waals surface area contributed by atoms with Crippen LogP contribution in [0, 0.1) is 5.95 Å². The third-order valence-corrected chi connectivity index (χ3v) is 6.05. The summed E-state index contributed by atoms with van der Waals surface area (Å²) in [5.41, 5.74) is 1.69. The minimum Gasteiger partial charge on any atom is -0.507 e. The molecule has 0 amide bonds. The van der Waals surface area contributed by atoms with Gasteiger partial charge in [0.1, 0.15) is 11.9 Å². The number of alkyl halides is 1. The van der Waals surface area contributed by atoms with Crippen LogP contribution in [0.1, 0.15) is 25.7 Å². The lowest BCUT2D eigenvalue weighted by molar-refractivity contribution is 0.00652. The molecule has 5 rings (SSSR count). The molecule has 0 saturated carbocycles. The molecule has 2 aliphatic rings. The molecule has 4 atom stereocenters. The molecule has 2 unspecified atom stereocenters. The monoisotopic (exact) mass is 427 g/mol. The van der Waals surface area contributed by atoms with Crippen molar-refractivity contribution in [1.29, 1.82) is 0 Å². The minimum atomic E-state index is -1.08. The van der Waals surface area contributed by atoms with Crippen LogP contribution in [0.4, 0.5) is 8.78 Å². The van der Waals surface area contributed by atoms with Crippen LogP contribution in [0.25, 0.3) is 22.4 Å². The number of aromatic hydroxyl groups is 1. The van der Waals surface area contributed by atoms with E-state index in [1.807, 2.05) is 0 Å². The van der Waals surface area contributed by atoms with Crippen molar-refractivity contribution in [3.8, 4) is 34.0 Å². The van der Waals surface area contributed by atoms with Crippen molar-refractivity contribution in [3.05, 3.63) is 42.5 Å². The molecular formula is C22H23F2N5O2. The molecule has 7 nitrogen and oxygen atoms in total. The van der Waals surface area contributed by atoms with E-state index in [1.165, 1.54) is 10.7 Å². The SMILES string of the molecule is Cn1cc(-c2ccc(-c3ccc(O[C@@H]4CC5CCCC(N5)[C@@H]4F)nn3)c(O)c2)c(F)n1. The second-order valence-corrected chi connectivity index (χ2v) is 8.23. The maximum Gasteiger partial charge on any atom is 0.240 e. The number of aryl methyl sites for hydroxylation is 1. The summed E-state index contributed by atoms with van der Waals surface area (Å²) in [7, 11) is 1.63. The molecule has 0 radical (unpaired) electrons. The Hall–Kier alpha value is -3.07. The highest BCUT2D eigenvalue weighted by Crippen LogP contribution is 2.34. The third kappa shape index (κ3) is 3.85. The molecule has 2 saturated heterocycles. The summed E-state index contributed by atoms with van der Waals surface area (Å²) in [6, 6.07) is 8.20. The Morgan fingerprint density at radius 3 is 2.74 bits per heavy atom. The van der Waals surface area contributed by atoms with E-state index in [2.05, 4.69) is 20.6 Å². The molecule has 2 fully saturated rings. The molecule has 162 valence electrons. The molecule has 2 N–H and O–H groups in total. The van der Waals surface area contributed by atoms with Gasteiger partial charge in [0.15, 0.2) is 6.17 Å². The molecular weight excluding hydrogens is 404 g/mol. The normalized spacial score (nSPS) is 25.4. The molecule has 2 aromatic heterocycles. The Morgan fingerprint density at radius 1 is 1.16 bits per heavy atom. The zero-order valence-corrected chi connectivity index (χ0v) is 17.0. The first-order valence-electron chi connectivity index (χ1n) is 10.4. The van der Waals surface area contributed by atoms with Gasteiger partial charge in [0, 0.05) is 43.4 Å². The number of phenols is 1. The number of piperidine rings is 2. The molecule has 2 aliphatic heterocycles. The van der Waals surface area contributed by atoms with Crippen molar-refractivity contribution in [3.63, 3.8) is 0 Å². The molecule has 9 heteroatoms. The number of aromatic nitrogens is 4. The van der Waals surface area contributed by atoms with Gasteiger partial charge in [-0.25, -0.2) is 4.39 Å². The van der Waals surface area contributed by atoms with Gasteiger partial charge in [-0.15, -0.1) is 15.3 Å². The van der Waals surface area contributed by atoms with Crippen LogP contribution in [0.2, 0.25) is 0 Å². The quantitative estimate of drug-likeness (QED) is 0.664.